The molecule has 0 aliphatic rings. The van der Waals surface area contributed by atoms with Crippen LogP contribution in [0, 0.1) is 0 Å². The van der Waals surface area contributed by atoms with Gasteiger partial charge in [0.2, 0.25) is 0 Å². The Morgan fingerprint density at radius 2 is 1.50 bits per heavy atom. The fourth-order valence-electron chi connectivity index (χ4n) is 0.412. The van der Waals surface area contributed by atoms with Crippen LogP contribution in [0.4, 0.5) is 0 Å². The van der Waals surface area contributed by atoms with Gasteiger partial charge < -0.3 is 0 Å². The molecule has 0 atom stereocenters. The molecular formula is C5H8IN2+. The minimum atomic E-state index is 0. The highest BCUT2D eigenvalue weighted by atomic mass is 127. The lowest BCUT2D eigenvalue weighted by Crippen LogP contribution is -2.42. The van der Waals surface area contributed by atoms with Gasteiger partial charge in [0.05, 0.1) is 0 Å². The maximum absolute atomic E-state index is 5.27. The first-order valence-corrected chi connectivity index (χ1v) is 2.11. The molecule has 3 heteroatoms. The summed E-state index contributed by atoms with van der Waals surface area (Å²) >= 11 is 0. The second-order valence-electron chi connectivity index (χ2n) is 1.32. The number of nitrogens with zero attached hydrogens (tertiary/aromatic N) is 1. The van der Waals surface area contributed by atoms with E-state index in [0.29, 0.717) is 0 Å². The Bertz CT molecular complexity index is 140. The van der Waals surface area contributed by atoms with Gasteiger partial charge in [-0.05, 0) is 0 Å². The maximum Gasteiger partial charge on any atom is 0.199 e. The minimum absolute atomic E-state index is 0. The standard InChI is InChI=1S/C5H7N2.HI/c6-7-4-2-1-3-5-7;/h1-5H,6H2;1H/q+1;. The largest absolute Gasteiger partial charge is 0.205 e. The first-order valence-electron chi connectivity index (χ1n) is 2.11. The van der Waals surface area contributed by atoms with Crippen molar-refractivity contribution in [1.82, 2.24) is 0 Å². The number of hydrogen-bond donors (Lipinski definition) is 1. The highest BCUT2D eigenvalue weighted by Crippen LogP contribution is 1.70. The highest BCUT2D eigenvalue weighted by Gasteiger charge is 1.79. The molecule has 1 aromatic heterocycles. The van der Waals surface area contributed by atoms with Crippen LogP contribution in [0.15, 0.2) is 30.6 Å². The molecule has 8 heavy (non-hydrogen) atoms. The van der Waals surface area contributed by atoms with E-state index in [4.69, 9.17) is 5.84 Å². The van der Waals surface area contributed by atoms with Crippen molar-refractivity contribution >= 4 is 24.0 Å². The van der Waals surface area contributed by atoms with E-state index in [1.165, 1.54) is 4.68 Å². The molecule has 2 N–H and O–H groups in total. The number of nitrogens with two attached hydrogens (primary N) is 1. The molecule has 0 aliphatic heterocycles. The van der Waals surface area contributed by atoms with Crippen molar-refractivity contribution in [2.24, 2.45) is 0 Å². The number of aromatic nitrogens is 1. The van der Waals surface area contributed by atoms with Gasteiger partial charge in [-0.3, -0.25) is 0 Å². The Morgan fingerprint density at radius 1 is 1.00 bits per heavy atom. The predicted octanol–water partition coefficient (Wildman–Crippen LogP) is 0.306. The molecule has 0 radical (unpaired) electrons. The molecule has 0 unspecified atom stereocenters. The van der Waals surface area contributed by atoms with E-state index in [-0.39, 0.29) is 24.0 Å². The smallest absolute Gasteiger partial charge is 0.199 e. The fourth-order valence-corrected chi connectivity index (χ4v) is 0.412. The quantitative estimate of drug-likeness (QED) is 0.383. The van der Waals surface area contributed by atoms with E-state index < -0.39 is 0 Å². The van der Waals surface area contributed by atoms with E-state index in [0.717, 1.165) is 0 Å². The molecule has 1 heterocycles. The third-order valence-corrected chi connectivity index (χ3v) is 0.739. The maximum atomic E-state index is 5.27. The third-order valence-electron chi connectivity index (χ3n) is 0.739. The Hall–Kier alpha value is -0.320. The van der Waals surface area contributed by atoms with Gasteiger partial charge >= 0.3 is 0 Å². The summed E-state index contributed by atoms with van der Waals surface area (Å²) in [4.78, 5) is 0. The van der Waals surface area contributed by atoms with Crippen LogP contribution in [-0.2, 0) is 0 Å². The number of hydrogen-bond acceptors (Lipinski definition) is 1. The van der Waals surface area contributed by atoms with Gasteiger partial charge in [0, 0.05) is 12.1 Å². The zero-order valence-corrected chi connectivity index (χ0v) is 6.65. The van der Waals surface area contributed by atoms with E-state index in [1.807, 2.05) is 18.2 Å². The zero-order chi connectivity index (χ0) is 5.11. The van der Waals surface area contributed by atoms with Crippen molar-refractivity contribution in [2.45, 2.75) is 0 Å². The molecule has 0 aromatic carbocycles. The number of halogens is 1. The molecule has 0 amide bonds. The van der Waals surface area contributed by atoms with Gasteiger partial charge in [-0.25, -0.2) is 5.84 Å². The van der Waals surface area contributed by atoms with Gasteiger partial charge in [-0.2, -0.15) is 0 Å². The van der Waals surface area contributed by atoms with Crippen molar-refractivity contribution in [2.75, 3.05) is 5.84 Å². The van der Waals surface area contributed by atoms with E-state index in [2.05, 4.69) is 0 Å². The van der Waals surface area contributed by atoms with E-state index >= 15 is 0 Å². The summed E-state index contributed by atoms with van der Waals surface area (Å²) in [6.07, 6.45) is 3.56. The van der Waals surface area contributed by atoms with Crippen LogP contribution < -0.4 is 10.5 Å². The van der Waals surface area contributed by atoms with Crippen LogP contribution >= 0.6 is 24.0 Å². The summed E-state index contributed by atoms with van der Waals surface area (Å²) in [5.41, 5.74) is 0. The summed E-state index contributed by atoms with van der Waals surface area (Å²) in [5, 5.41) is 0. The zero-order valence-electron chi connectivity index (χ0n) is 4.32. The van der Waals surface area contributed by atoms with Crippen molar-refractivity contribution in [3.05, 3.63) is 30.6 Å². The summed E-state index contributed by atoms with van der Waals surface area (Å²) in [6, 6.07) is 5.67. The van der Waals surface area contributed by atoms with Gasteiger partial charge in [0.1, 0.15) is 0 Å². The Labute approximate surface area is 65.3 Å². The van der Waals surface area contributed by atoms with E-state index in [9.17, 15) is 0 Å². The van der Waals surface area contributed by atoms with Gasteiger partial charge in [-0.1, -0.05) is 10.7 Å². The molecule has 0 saturated heterocycles. The Morgan fingerprint density at radius 3 is 1.75 bits per heavy atom. The average Bonchev–Trinajstić information content (AvgIpc) is 1.69. The number of rotatable bonds is 0. The lowest BCUT2D eigenvalue weighted by molar-refractivity contribution is -0.638. The first-order chi connectivity index (χ1) is 3.39. The van der Waals surface area contributed by atoms with Crippen molar-refractivity contribution in [3.8, 4) is 0 Å². The monoisotopic (exact) mass is 223 g/mol. The molecule has 44 valence electrons. The number of pyridine rings is 1. The van der Waals surface area contributed by atoms with Crippen LogP contribution in [0.3, 0.4) is 0 Å². The van der Waals surface area contributed by atoms with Crippen LogP contribution in [0.25, 0.3) is 0 Å². The molecule has 1 rings (SSSR count). The van der Waals surface area contributed by atoms with Gasteiger partial charge in [0.25, 0.3) is 0 Å². The third kappa shape index (κ3) is 2.11. The number of nitrogen functional groups attached to an aromatic ring is 1. The average molecular weight is 223 g/mol. The summed E-state index contributed by atoms with van der Waals surface area (Å²) < 4.78 is 1.50. The molecule has 0 saturated carbocycles. The SMILES string of the molecule is I.N[n+]1ccccc1. The van der Waals surface area contributed by atoms with Gasteiger partial charge in [-0.15, -0.1) is 24.0 Å². The van der Waals surface area contributed by atoms with Gasteiger partial charge in [0.15, 0.2) is 12.4 Å². The minimum Gasteiger partial charge on any atom is -0.205 e. The van der Waals surface area contributed by atoms with Crippen LogP contribution in [0.1, 0.15) is 0 Å². The molecule has 1 aromatic rings. The molecule has 2 nitrogen and oxygen atoms in total. The van der Waals surface area contributed by atoms with Crippen LogP contribution in [0.5, 0.6) is 0 Å². The summed E-state index contributed by atoms with van der Waals surface area (Å²) in [7, 11) is 0. The molecule has 0 bridgehead atoms. The molecule has 0 fully saturated rings. The van der Waals surface area contributed by atoms with Crippen molar-refractivity contribution in [3.63, 3.8) is 0 Å². The van der Waals surface area contributed by atoms with Crippen molar-refractivity contribution in [1.29, 1.82) is 0 Å². The predicted molar refractivity (Wildman–Crippen MR) is 42.2 cm³/mol. The topological polar surface area (TPSA) is 29.9 Å². The lowest BCUT2D eigenvalue weighted by atomic mass is 10.5. The normalized spacial score (nSPS) is 7.50. The van der Waals surface area contributed by atoms with Crippen LogP contribution in [0.2, 0.25) is 0 Å². The highest BCUT2D eigenvalue weighted by molar-refractivity contribution is 14.0. The second-order valence-corrected chi connectivity index (χ2v) is 1.32. The van der Waals surface area contributed by atoms with Crippen molar-refractivity contribution < 1.29 is 4.68 Å². The molecular weight excluding hydrogens is 215 g/mol. The summed E-state index contributed by atoms with van der Waals surface area (Å²) in [5.74, 6) is 5.27. The Kier molecular flexibility index (Phi) is 3.51. The fraction of sp³-hybridized carbons (Fsp3) is 0. The molecule has 0 aliphatic carbocycles. The summed E-state index contributed by atoms with van der Waals surface area (Å²) in [6.45, 7) is 0. The van der Waals surface area contributed by atoms with E-state index in [1.54, 1.807) is 12.4 Å². The second kappa shape index (κ2) is 3.65. The lowest BCUT2D eigenvalue weighted by Gasteiger charge is -1.76. The first kappa shape index (κ1) is 7.68. The molecule has 0 spiro atoms. The Balaban J connectivity index is 0.000000490. The van der Waals surface area contributed by atoms with Crippen LogP contribution in [-0.4, -0.2) is 0 Å².